The van der Waals surface area contributed by atoms with Crippen LogP contribution in [-0.2, 0) is 27.9 Å². The molecule has 0 aromatic carbocycles. The van der Waals surface area contributed by atoms with E-state index in [1.54, 1.807) is 0 Å². The van der Waals surface area contributed by atoms with E-state index in [2.05, 4.69) is 62.5 Å². The summed E-state index contributed by atoms with van der Waals surface area (Å²) < 4.78 is 30.7. The zero-order chi connectivity index (χ0) is 53.6. The summed E-state index contributed by atoms with van der Waals surface area (Å²) in [4.78, 5) is 37.7. The summed E-state index contributed by atoms with van der Waals surface area (Å²) >= 11 is 0. The van der Waals surface area contributed by atoms with E-state index in [-0.39, 0.29) is 31.5 Å². The van der Waals surface area contributed by atoms with Crippen molar-refractivity contribution in [2.45, 2.75) is 303 Å². The number of likely N-dealkylation sites (N-methyl/N-ethyl adjacent to an activating group) is 1. The maximum Gasteiger partial charge on any atom is 0.472 e. The normalized spacial score (nSPS) is 14.0. The Morgan fingerprint density at radius 1 is 0.479 bits per heavy atom. The third kappa shape index (κ3) is 54.6. The van der Waals surface area contributed by atoms with Crippen molar-refractivity contribution in [3.05, 3.63) is 48.6 Å². The first-order chi connectivity index (χ1) is 35.4. The van der Waals surface area contributed by atoms with E-state index >= 15 is 0 Å². The minimum Gasteiger partial charge on any atom is -0.456 e. The number of carbonyl (C=O) groups excluding carboxylic acids is 2. The second kappa shape index (κ2) is 53.4. The van der Waals surface area contributed by atoms with Gasteiger partial charge in [-0.15, -0.1) is 0 Å². The Morgan fingerprint density at radius 3 is 1.27 bits per heavy atom. The van der Waals surface area contributed by atoms with Gasteiger partial charge >= 0.3 is 13.8 Å². The van der Waals surface area contributed by atoms with Gasteiger partial charge in [0.05, 0.1) is 33.8 Å². The summed E-state index contributed by atoms with van der Waals surface area (Å²) in [6.45, 7) is 7.00. The molecule has 10 heteroatoms. The number of esters is 1. The molecule has 2 N–H and O–H groups in total. The minimum atomic E-state index is -4.44. The van der Waals surface area contributed by atoms with Crippen molar-refractivity contribution in [1.82, 2.24) is 5.32 Å². The molecule has 0 aliphatic carbocycles. The van der Waals surface area contributed by atoms with Gasteiger partial charge in [-0.25, -0.2) is 4.57 Å². The number of rotatable bonds is 56. The van der Waals surface area contributed by atoms with Crippen molar-refractivity contribution >= 4 is 19.7 Å². The Labute approximate surface area is 452 Å². The SMILES string of the molecule is CCCCC/C=C\C/C=C\C/C=C\CCCCCCCCCCC(=O)OC(/C=C/CCCCCCCCCCC)C(COP(=O)(O)OCC[N+](C)(C)C)NC(=O)CCCCCCCCCCCCCCCCC. The number of phosphoric acid groups is 1. The van der Waals surface area contributed by atoms with Gasteiger partial charge in [-0.2, -0.15) is 0 Å². The third-order valence-electron chi connectivity index (χ3n) is 13.8. The average Bonchev–Trinajstić information content (AvgIpc) is 3.35. The second-order valence-corrected chi connectivity index (χ2v) is 23.7. The highest BCUT2D eigenvalue weighted by Gasteiger charge is 2.30. The number of carbonyl (C=O) groups is 2. The number of phosphoric ester groups is 1. The lowest BCUT2D eigenvalue weighted by Crippen LogP contribution is -2.47. The Bertz CT molecular complexity index is 1390. The van der Waals surface area contributed by atoms with Crippen molar-refractivity contribution in [2.75, 3.05) is 40.9 Å². The minimum absolute atomic E-state index is 0.0401. The highest BCUT2D eigenvalue weighted by molar-refractivity contribution is 7.47. The largest absolute Gasteiger partial charge is 0.472 e. The Hall–Kier alpha value is -2.03. The maximum absolute atomic E-state index is 13.5. The smallest absolute Gasteiger partial charge is 0.456 e. The highest BCUT2D eigenvalue weighted by Crippen LogP contribution is 2.43. The summed E-state index contributed by atoms with van der Waals surface area (Å²) in [6.07, 6.45) is 65.3. The number of quaternary nitrogens is 1. The molecule has 0 spiro atoms. The molecule has 9 nitrogen and oxygen atoms in total. The molecule has 0 saturated carbocycles. The number of allylic oxidation sites excluding steroid dienone is 7. The van der Waals surface area contributed by atoms with E-state index in [0.29, 0.717) is 17.4 Å². The molecular weight excluding hydrogens is 928 g/mol. The molecule has 1 amide bonds. The van der Waals surface area contributed by atoms with E-state index in [9.17, 15) is 19.0 Å². The van der Waals surface area contributed by atoms with Crippen LogP contribution in [0.25, 0.3) is 0 Å². The van der Waals surface area contributed by atoms with E-state index in [4.69, 9.17) is 13.8 Å². The Morgan fingerprint density at radius 2 is 0.836 bits per heavy atom. The van der Waals surface area contributed by atoms with E-state index < -0.39 is 20.0 Å². The summed E-state index contributed by atoms with van der Waals surface area (Å²) in [6, 6.07) is -0.848. The Kier molecular flexibility index (Phi) is 51.9. The van der Waals surface area contributed by atoms with Crippen LogP contribution in [0.2, 0.25) is 0 Å². The monoisotopic (exact) mass is 1050 g/mol. The second-order valence-electron chi connectivity index (χ2n) is 22.2. The van der Waals surface area contributed by atoms with E-state index in [1.165, 1.54) is 173 Å². The van der Waals surface area contributed by atoms with Crippen LogP contribution >= 0.6 is 7.82 Å². The number of unbranched alkanes of at least 4 members (excludes halogenated alkanes) is 34. The predicted molar refractivity (Wildman–Crippen MR) is 314 cm³/mol. The summed E-state index contributed by atoms with van der Waals surface area (Å²) in [5.41, 5.74) is 0. The summed E-state index contributed by atoms with van der Waals surface area (Å²) in [5.74, 6) is -0.504. The molecule has 0 heterocycles. The maximum atomic E-state index is 13.5. The number of hydrogen-bond acceptors (Lipinski definition) is 6. The van der Waals surface area contributed by atoms with Crippen LogP contribution in [0, 0.1) is 0 Å². The molecule has 0 aromatic heterocycles. The zero-order valence-electron chi connectivity index (χ0n) is 48.9. The first-order valence-corrected chi connectivity index (χ1v) is 32.5. The average molecular weight is 1050 g/mol. The number of nitrogens with one attached hydrogen (secondary N) is 1. The standard InChI is InChI=1S/C63H119N2O7P/c1-7-10-13-16-19-22-25-27-29-30-31-32-33-34-36-38-41-44-47-50-53-56-63(67)72-61(54-51-48-45-42-39-24-21-18-15-12-9-3)60(59-71-73(68,69)70-58-57-65(4,5)6)64-62(66)55-52-49-46-43-40-37-35-28-26-23-20-17-14-11-8-2/h19,22,27,29,31-32,51,54,60-61H,7-18,20-21,23-26,28,30,33-50,52-53,55-59H2,1-6H3,(H-,64,66,68,69)/p+1/b22-19-,29-27-,32-31-,54-51+. The van der Waals surface area contributed by atoms with Gasteiger partial charge in [-0.3, -0.25) is 18.6 Å². The van der Waals surface area contributed by atoms with Gasteiger partial charge in [0.25, 0.3) is 0 Å². The fraction of sp³-hybridized carbons (Fsp3) is 0.841. The molecule has 3 atom stereocenters. The van der Waals surface area contributed by atoms with Crippen LogP contribution in [0.15, 0.2) is 48.6 Å². The topological polar surface area (TPSA) is 111 Å². The number of amides is 1. The summed E-state index contributed by atoms with van der Waals surface area (Å²) in [7, 11) is 1.50. The van der Waals surface area contributed by atoms with Crippen LogP contribution in [0.1, 0.15) is 290 Å². The van der Waals surface area contributed by atoms with Crippen molar-refractivity contribution in [3.63, 3.8) is 0 Å². The Balaban J connectivity index is 5.20. The fourth-order valence-electron chi connectivity index (χ4n) is 8.95. The van der Waals surface area contributed by atoms with Gasteiger partial charge < -0.3 is 19.4 Å². The summed E-state index contributed by atoms with van der Waals surface area (Å²) in [5, 5.41) is 3.05. The number of ether oxygens (including phenoxy) is 1. The van der Waals surface area contributed by atoms with E-state index in [0.717, 1.165) is 83.5 Å². The van der Waals surface area contributed by atoms with Crippen molar-refractivity contribution in [1.29, 1.82) is 0 Å². The molecular formula is C63H120N2O7P+. The van der Waals surface area contributed by atoms with Gasteiger partial charge in [0.15, 0.2) is 0 Å². The lowest BCUT2D eigenvalue weighted by Gasteiger charge is -2.27. The van der Waals surface area contributed by atoms with Gasteiger partial charge in [-0.1, -0.05) is 256 Å². The molecule has 0 bridgehead atoms. The van der Waals surface area contributed by atoms with Gasteiger partial charge in [0, 0.05) is 12.8 Å². The third-order valence-corrected chi connectivity index (χ3v) is 14.8. The van der Waals surface area contributed by atoms with Gasteiger partial charge in [-0.05, 0) is 70.3 Å². The van der Waals surface area contributed by atoms with Crippen molar-refractivity contribution in [2.24, 2.45) is 0 Å². The van der Waals surface area contributed by atoms with Crippen molar-refractivity contribution < 1.29 is 37.3 Å². The van der Waals surface area contributed by atoms with Crippen LogP contribution in [-0.4, -0.2) is 74.3 Å². The number of hydrogen-bond donors (Lipinski definition) is 2. The number of nitrogens with zero attached hydrogens (tertiary/aromatic N) is 1. The van der Waals surface area contributed by atoms with Crippen molar-refractivity contribution in [3.8, 4) is 0 Å². The van der Waals surface area contributed by atoms with Gasteiger partial charge in [0.2, 0.25) is 5.91 Å². The van der Waals surface area contributed by atoms with E-state index in [1.807, 2.05) is 33.3 Å². The van der Waals surface area contributed by atoms with Crippen LogP contribution in [0.4, 0.5) is 0 Å². The molecule has 428 valence electrons. The predicted octanol–water partition coefficient (Wildman–Crippen LogP) is 18.9. The molecule has 73 heavy (non-hydrogen) atoms. The highest BCUT2D eigenvalue weighted by atomic mass is 31.2. The molecule has 0 saturated heterocycles. The van der Waals surface area contributed by atoms with Crippen LogP contribution < -0.4 is 5.32 Å². The molecule has 0 aliphatic rings. The van der Waals surface area contributed by atoms with Crippen LogP contribution in [0.5, 0.6) is 0 Å². The lowest BCUT2D eigenvalue weighted by atomic mass is 10.0. The zero-order valence-corrected chi connectivity index (χ0v) is 49.8. The first-order valence-electron chi connectivity index (χ1n) is 31.0. The van der Waals surface area contributed by atoms with Crippen LogP contribution in [0.3, 0.4) is 0 Å². The molecule has 0 radical (unpaired) electrons. The first kappa shape index (κ1) is 71.0. The molecule has 0 aliphatic heterocycles. The quantitative estimate of drug-likeness (QED) is 0.0205. The van der Waals surface area contributed by atoms with Gasteiger partial charge in [0.1, 0.15) is 19.3 Å². The lowest BCUT2D eigenvalue weighted by molar-refractivity contribution is -0.870. The molecule has 0 rings (SSSR count). The fourth-order valence-corrected chi connectivity index (χ4v) is 9.68. The molecule has 0 aromatic rings. The molecule has 3 unspecified atom stereocenters. The molecule has 0 fully saturated rings.